The first-order chi connectivity index (χ1) is 12.1. The Labute approximate surface area is 148 Å². The van der Waals surface area contributed by atoms with Crippen molar-refractivity contribution >= 4 is 5.91 Å². The third kappa shape index (κ3) is 4.02. The molecule has 134 valence electrons. The molecule has 6 heteroatoms. The minimum Gasteiger partial charge on any atom is -0.497 e. The number of nitrogens with two attached hydrogens (primary N) is 1. The van der Waals surface area contributed by atoms with Gasteiger partial charge in [0.2, 0.25) is 0 Å². The molecule has 1 aromatic carbocycles. The van der Waals surface area contributed by atoms with E-state index in [-0.39, 0.29) is 18.0 Å². The van der Waals surface area contributed by atoms with E-state index in [1.807, 2.05) is 42.3 Å². The number of ether oxygens (including phenoxy) is 1. The molecule has 0 bridgehead atoms. The van der Waals surface area contributed by atoms with Gasteiger partial charge in [-0.2, -0.15) is 5.10 Å². The van der Waals surface area contributed by atoms with Crippen LogP contribution in [0.15, 0.2) is 36.7 Å². The van der Waals surface area contributed by atoms with Crippen LogP contribution in [-0.2, 0) is 6.54 Å². The van der Waals surface area contributed by atoms with Crippen molar-refractivity contribution in [3.63, 3.8) is 0 Å². The topological polar surface area (TPSA) is 73.4 Å². The van der Waals surface area contributed by atoms with Gasteiger partial charge in [0.25, 0.3) is 5.91 Å². The number of hydrogen-bond acceptors (Lipinski definition) is 4. The lowest BCUT2D eigenvalue weighted by molar-refractivity contribution is 0.0583. The average Bonchev–Trinajstić information content (AvgIpc) is 3.10. The fourth-order valence-corrected chi connectivity index (χ4v) is 3.40. The van der Waals surface area contributed by atoms with Crippen molar-refractivity contribution in [1.29, 1.82) is 0 Å². The Morgan fingerprint density at radius 3 is 2.80 bits per heavy atom. The lowest BCUT2D eigenvalue weighted by atomic mass is 9.96. The summed E-state index contributed by atoms with van der Waals surface area (Å²) in [5.41, 5.74) is 7.81. The number of piperidine rings is 1. The Bertz CT molecular complexity index is 708. The second-order valence-electron chi connectivity index (χ2n) is 6.70. The molecule has 1 amide bonds. The van der Waals surface area contributed by atoms with Crippen LogP contribution in [0.5, 0.6) is 5.75 Å². The summed E-state index contributed by atoms with van der Waals surface area (Å²) < 4.78 is 6.96. The van der Waals surface area contributed by atoms with Crippen LogP contribution in [0.1, 0.15) is 42.1 Å². The first-order valence-corrected chi connectivity index (χ1v) is 8.80. The summed E-state index contributed by atoms with van der Waals surface area (Å²) in [4.78, 5) is 14.8. The summed E-state index contributed by atoms with van der Waals surface area (Å²) in [6, 6.07) is 7.94. The molecule has 2 heterocycles. The van der Waals surface area contributed by atoms with Crippen molar-refractivity contribution in [3.8, 4) is 5.75 Å². The van der Waals surface area contributed by atoms with Crippen LogP contribution in [0.4, 0.5) is 0 Å². The summed E-state index contributed by atoms with van der Waals surface area (Å²) in [5.74, 6) is 0.857. The summed E-state index contributed by atoms with van der Waals surface area (Å²) in [6.07, 6.45) is 6.61. The predicted molar refractivity (Wildman–Crippen MR) is 96.6 cm³/mol. The fraction of sp³-hybridized carbons (Fsp3) is 0.474. The third-order valence-corrected chi connectivity index (χ3v) is 4.80. The van der Waals surface area contributed by atoms with Gasteiger partial charge >= 0.3 is 0 Å². The lowest BCUT2D eigenvalue weighted by Gasteiger charge is -2.37. The summed E-state index contributed by atoms with van der Waals surface area (Å²) in [5, 5.41) is 4.35. The largest absolute Gasteiger partial charge is 0.497 e. The van der Waals surface area contributed by atoms with Gasteiger partial charge in [0, 0.05) is 24.8 Å². The zero-order valence-electron chi connectivity index (χ0n) is 14.9. The highest BCUT2D eigenvalue weighted by molar-refractivity contribution is 5.94. The highest BCUT2D eigenvalue weighted by Gasteiger charge is 2.30. The Balaban J connectivity index is 1.70. The summed E-state index contributed by atoms with van der Waals surface area (Å²) in [6.45, 7) is 3.37. The molecule has 0 saturated carbocycles. The molecule has 1 saturated heterocycles. The van der Waals surface area contributed by atoms with Gasteiger partial charge in [0.05, 0.1) is 25.4 Å². The van der Waals surface area contributed by atoms with Crippen molar-refractivity contribution in [2.45, 2.75) is 44.8 Å². The molecule has 3 rings (SSSR count). The molecule has 6 nitrogen and oxygen atoms in total. The molecule has 1 aliphatic heterocycles. The number of hydrogen-bond donors (Lipinski definition) is 1. The number of aromatic nitrogens is 2. The van der Waals surface area contributed by atoms with Gasteiger partial charge in [0.1, 0.15) is 5.75 Å². The maximum absolute atomic E-state index is 12.9. The van der Waals surface area contributed by atoms with E-state index in [0.717, 1.165) is 37.1 Å². The average molecular weight is 342 g/mol. The number of rotatable bonds is 5. The minimum atomic E-state index is -0.0152. The fourth-order valence-electron chi connectivity index (χ4n) is 3.40. The Hall–Kier alpha value is -2.34. The van der Waals surface area contributed by atoms with Crippen molar-refractivity contribution in [2.75, 3.05) is 13.7 Å². The quantitative estimate of drug-likeness (QED) is 0.905. The number of methoxy groups -OCH3 is 1. The standard InChI is InChI=1S/C19H26N4O2/c1-14(20)18-5-3-4-10-23(18)19(24)16-11-21-22(13-16)12-15-6-8-17(25-2)9-7-15/h6-9,11,13-14,18H,3-5,10,12,20H2,1-2H3/t14-,18+/m0/s1. The summed E-state index contributed by atoms with van der Waals surface area (Å²) in [7, 11) is 1.65. The van der Waals surface area contributed by atoms with Gasteiger partial charge < -0.3 is 15.4 Å². The van der Waals surface area contributed by atoms with E-state index in [0.29, 0.717) is 12.1 Å². The molecule has 25 heavy (non-hydrogen) atoms. The normalized spacial score (nSPS) is 18.8. The highest BCUT2D eigenvalue weighted by Crippen LogP contribution is 2.21. The molecular formula is C19H26N4O2. The third-order valence-electron chi connectivity index (χ3n) is 4.80. The maximum atomic E-state index is 12.9. The number of carbonyl (C=O) groups excluding carboxylic acids is 1. The molecule has 0 aliphatic carbocycles. The molecular weight excluding hydrogens is 316 g/mol. The van der Waals surface area contributed by atoms with Crippen molar-refractivity contribution in [2.24, 2.45) is 5.73 Å². The number of nitrogens with zero attached hydrogens (tertiary/aromatic N) is 3. The highest BCUT2D eigenvalue weighted by atomic mass is 16.5. The molecule has 0 radical (unpaired) electrons. The van der Waals surface area contributed by atoms with E-state index < -0.39 is 0 Å². The van der Waals surface area contributed by atoms with E-state index in [2.05, 4.69) is 5.10 Å². The first kappa shape index (κ1) is 17.5. The van der Waals surface area contributed by atoms with Crippen LogP contribution in [0.25, 0.3) is 0 Å². The first-order valence-electron chi connectivity index (χ1n) is 8.80. The van der Waals surface area contributed by atoms with Gasteiger partial charge in [-0.1, -0.05) is 12.1 Å². The molecule has 0 spiro atoms. The number of carbonyl (C=O) groups is 1. The van der Waals surface area contributed by atoms with Crippen LogP contribution in [0.2, 0.25) is 0 Å². The second-order valence-corrected chi connectivity index (χ2v) is 6.70. The van der Waals surface area contributed by atoms with Gasteiger partial charge in [-0.25, -0.2) is 0 Å². The van der Waals surface area contributed by atoms with E-state index in [1.165, 1.54) is 0 Å². The van der Waals surface area contributed by atoms with Crippen LogP contribution < -0.4 is 10.5 Å². The van der Waals surface area contributed by atoms with Gasteiger partial charge in [0.15, 0.2) is 0 Å². The maximum Gasteiger partial charge on any atom is 0.257 e. The summed E-state index contributed by atoms with van der Waals surface area (Å²) >= 11 is 0. The van der Waals surface area contributed by atoms with Gasteiger partial charge in [-0.3, -0.25) is 9.48 Å². The molecule has 1 fully saturated rings. The smallest absolute Gasteiger partial charge is 0.257 e. The zero-order chi connectivity index (χ0) is 17.8. The second kappa shape index (κ2) is 7.70. The molecule has 0 unspecified atom stereocenters. The Morgan fingerprint density at radius 2 is 2.12 bits per heavy atom. The van der Waals surface area contributed by atoms with Crippen LogP contribution in [-0.4, -0.2) is 46.3 Å². The Morgan fingerprint density at radius 1 is 1.36 bits per heavy atom. The number of benzene rings is 1. The van der Waals surface area contributed by atoms with Crippen molar-refractivity contribution < 1.29 is 9.53 Å². The van der Waals surface area contributed by atoms with Crippen molar-refractivity contribution in [3.05, 3.63) is 47.8 Å². The number of likely N-dealkylation sites (tertiary alicyclic amines) is 1. The predicted octanol–water partition coefficient (Wildman–Crippen LogP) is 2.28. The lowest BCUT2D eigenvalue weighted by Crippen LogP contribution is -2.51. The molecule has 1 aromatic heterocycles. The van der Waals surface area contributed by atoms with E-state index in [1.54, 1.807) is 18.0 Å². The number of amides is 1. The van der Waals surface area contributed by atoms with E-state index >= 15 is 0 Å². The van der Waals surface area contributed by atoms with Gasteiger partial charge in [-0.15, -0.1) is 0 Å². The molecule has 2 N–H and O–H groups in total. The van der Waals surface area contributed by atoms with Crippen LogP contribution in [0, 0.1) is 0 Å². The van der Waals surface area contributed by atoms with E-state index in [9.17, 15) is 4.79 Å². The van der Waals surface area contributed by atoms with Crippen molar-refractivity contribution in [1.82, 2.24) is 14.7 Å². The van der Waals surface area contributed by atoms with Gasteiger partial charge in [-0.05, 0) is 43.9 Å². The zero-order valence-corrected chi connectivity index (χ0v) is 14.9. The minimum absolute atomic E-state index is 0.0152. The Kier molecular flexibility index (Phi) is 5.38. The SMILES string of the molecule is COc1ccc(Cn2cc(C(=O)N3CCCC[C@@H]3[C@H](C)N)cn2)cc1. The molecule has 2 aromatic rings. The van der Waals surface area contributed by atoms with E-state index in [4.69, 9.17) is 10.5 Å². The van der Waals surface area contributed by atoms with Crippen LogP contribution >= 0.6 is 0 Å². The molecule has 2 atom stereocenters. The van der Waals surface area contributed by atoms with Crippen LogP contribution in [0.3, 0.4) is 0 Å². The molecule has 1 aliphatic rings. The monoisotopic (exact) mass is 342 g/mol.